The van der Waals surface area contributed by atoms with Gasteiger partial charge in [-0.1, -0.05) is 39.5 Å². The van der Waals surface area contributed by atoms with Gasteiger partial charge in [-0.05, 0) is 52.1 Å². The summed E-state index contributed by atoms with van der Waals surface area (Å²) in [5.41, 5.74) is 2.57. The number of amides is 1. The monoisotopic (exact) mass is 453 g/mol. The summed E-state index contributed by atoms with van der Waals surface area (Å²) in [5.74, 6) is 0.0838. The van der Waals surface area contributed by atoms with E-state index in [4.69, 9.17) is 14.5 Å². The molecule has 9 heteroatoms. The van der Waals surface area contributed by atoms with Gasteiger partial charge in [0.25, 0.3) is 5.91 Å². The number of carbonyl (C=O) groups is 2. The van der Waals surface area contributed by atoms with Crippen molar-refractivity contribution >= 4 is 37.3 Å². The quantitative estimate of drug-likeness (QED) is 0.272. The summed E-state index contributed by atoms with van der Waals surface area (Å²) in [5, 5.41) is 1.72. The fraction of sp³-hybridized carbons (Fsp3) is 0.429. The molecule has 1 aliphatic heterocycles. The summed E-state index contributed by atoms with van der Waals surface area (Å²) in [4.78, 5) is 44.3. The van der Waals surface area contributed by atoms with Crippen molar-refractivity contribution < 1.29 is 28.7 Å². The fourth-order valence-corrected chi connectivity index (χ4v) is 4.25. The van der Waals surface area contributed by atoms with Crippen LogP contribution in [0.3, 0.4) is 0 Å². The van der Waals surface area contributed by atoms with Gasteiger partial charge in [0.15, 0.2) is 0 Å². The second-order valence-corrected chi connectivity index (χ2v) is 10.5. The minimum absolute atomic E-state index is 0.0581. The number of thioether (sulfide) groups is 1. The number of benzene rings is 1. The predicted octanol–water partition coefficient (Wildman–Crippen LogP) is 4.42. The van der Waals surface area contributed by atoms with Crippen LogP contribution in [-0.2, 0) is 14.2 Å². The maximum Gasteiger partial charge on any atom is 0.327 e. The highest BCUT2D eigenvalue weighted by Gasteiger charge is 2.24. The third-order valence-electron chi connectivity index (χ3n) is 4.50. The van der Waals surface area contributed by atoms with Crippen LogP contribution in [0.25, 0.3) is 6.08 Å². The molecule has 2 rings (SSSR count). The second kappa shape index (κ2) is 9.96. The first kappa shape index (κ1) is 24.4. The number of ether oxygens (including phenoxy) is 1. The molecule has 2 N–H and O–H groups in total. The maximum atomic E-state index is 12.8. The average Bonchev–Trinajstić information content (AvgIpc) is 2.61. The van der Waals surface area contributed by atoms with Crippen LogP contribution in [0.1, 0.15) is 63.1 Å². The lowest BCUT2D eigenvalue weighted by Crippen LogP contribution is -2.30. The molecule has 0 bridgehead atoms. The third kappa shape index (κ3) is 6.57. The van der Waals surface area contributed by atoms with Crippen molar-refractivity contribution in [2.75, 3.05) is 12.7 Å². The molecule has 1 aromatic carbocycles. The normalized spacial score (nSPS) is 16.1. The van der Waals surface area contributed by atoms with E-state index in [1.54, 1.807) is 11.5 Å². The van der Waals surface area contributed by atoms with Crippen LogP contribution in [0.2, 0.25) is 0 Å². The minimum atomic E-state index is -4.19. The summed E-state index contributed by atoms with van der Waals surface area (Å²) < 4.78 is 16.7. The average molecular weight is 453 g/mol. The molecule has 0 aromatic heterocycles. The van der Waals surface area contributed by atoms with Crippen LogP contribution in [0.5, 0.6) is 5.75 Å². The van der Waals surface area contributed by atoms with Crippen molar-refractivity contribution in [2.24, 2.45) is 0 Å². The van der Waals surface area contributed by atoms with Gasteiger partial charge in [-0.25, -0.2) is 0 Å². The van der Waals surface area contributed by atoms with Crippen molar-refractivity contribution in [1.29, 1.82) is 0 Å². The number of nitrogens with zero attached hydrogens (tertiary/aromatic N) is 1. The summed E-state index contributed by atoms with van der Waals surface area (Å²) in [6.45, 7) is 9.36. The van der Waals surface area contributed by atoms with Crippen LogP contribution in [-0.4, -0.2) is 39.3 Å². The smallest absolute Gasteiger partial charge is 0.327 e. The molecule has 0 atom stereocenters. The zero-order valence-electron chi connectivity index (χ0n) is 17.8. The van der Waals surface area contributed by atoms with Gasteiger partial charge in [0.1, 0.15) is 5.75 Å². The van der Waals surface area contributed by atoms with Gasteiger partial charge in [-0.3, -0.25) is 14.2 Å². The van der Waals surface area contributed by atoms with E-state index in [1.165, 1.54) is 29.8 Å². The molecule has 1 heterocycles. The van der Waals surface area contributed by atoms with Gasteiger partial charge in [0.2, 0.25) is 0 Å². The number of hydrogen-bond acceptors (Lipinski definition) is 5. The Labute approximate surface area is 181 Å². The van der Waals surface area contributed by atoms with E-state index in [0.717, 1.165) is 16.7 Å². The van der Waals surface area contributed by atoms with Crippen LogP contribution in [0.15, 0.2) is 28.6 Å². The lowest BCUT2D eigenvalue weighted by atomic mass is 9.91. The molecule has 0 saturated heterocycles. The van der Waals surface area contributed by atoms with E-state index < -0.39 is 13.8 Å². The predicted molar refractivity (Wildman–Crippen MR) is 119 cm³/mol. The molecule has 0 unspecified atom stereocenters. The highest BCUT2D eigenvalue weighted by atomic mass is 32.2. The van der Waals surface area contributed by atoms with E-state index >= 15 is 0 Å². The Hall–Kier alpha value is -1.86. The molecule has 164 valence electrons. The standard InChI is InChI=1S/C21H28NO6PS/c1-13(2)17-10-16(11-18(14(3)4)20(17)28-15(5)23)12-19-21(24)22(7-9-30-19)6-8-29(25,26)27/h7,9-14H,6,8H2,1-5H3,(H2,25,26,27). The van der Waals surface area contributed by atoms with E-state index in [-0.39, 0.29) is 30.3 Å². The number of hydrogen-bond donors (Lipinski definition) is 2. The van der Waals surface area contributed by atoms with Crippen LogP contribution < -0.4 is 4.74 Å². The van der Waals surface area contributed by atoms with Gasteiger partial charge in [0.05, 0.1) is 11.1 Å². The molecule has 0 spiro atoms. The van der Waals surface area contributed by atoms with E-state index in [2.05, 4.69) is 0 Å². The molecule has 0 radical (unpaired) electrons. The Balaban J connectivity index is 2.44. The minimum Gasteiger partial charge on any atom is -0.426 e. The molecule has 0 saturated carbocycles. The molecule has 7 nitrogen and oxygen atoms in total. The summed E-state index contributed by atoms with van der Waals surface area (Å²) >= 11 is 1.26. The van der Waals surface area contributed by atoms with Gasteiger partial charge < -0.3 is 19.4 Å². The first-order valence-corrected chi connectivity index (χ1v) is 12.3. The highest BCUT2D eigenvalue weighted by Crippen LogP contribution is 2.38. The third-order valence-corrected chi connectivity index (χ3v) is 6.08. The zero-order valence-corrected chi connectivity index (χ0v) is 19.5. The van der Waals surface area contributed by atoms with Crippen molar-refractivity contribution in [3.05, 3.63) is 45.3 Å². The molecular weight excluding hydrogens is 425 g/mol. The number of esters is 1. The van der Waals surface area contributed by atoms with Crippen molar-refractivity contribution in [2.45, 2.75) is 46.5 Å². The highest BCUT2D eigenvalue weighted by molar-refractivity contribution is 8.06. The molecule has 0 aliphatic carbocycles. The topological polar surface area (TPSA) is 104 Å². The Morgan fingerprint density at radius 3 is 2.23 bits per heavy atom. The first-order chi connectivity index (χ1) is 13.9. The Kier molecular flexibility index (Phi) is 8.11. The largest absolute Gasteiger partial charge is 0.426 e. The summed E-state index contributed by atoms with van der Waals surface area (Å²) in [7, 11) is -4.19. The van der Waals surface area contributed by atoms with Gasteiger partial charge >= 0.3 is 13.6 Å². The van der Waals surface area contributed by atoms with Crippen LogP contribution >= 0.6 is 19.4 Å². The second-order valence-electron chi connectivity index (χ2n) is 7.73. The first-order valence-electron chi connectivity index (χ1n) is 9.66. The molecule has 0 fully saturated rings. The number of carbonyl (C=O) groups excluding carboxylic acids is 2. The molecule has 1 amide bonds. The SMILES string of the molecule is CC(=O)Oc1c(C(C)C)cc(C=C2SC=CN(CCP(=O)(O)O)C2=O)cc1C(C)C. The van der Waals surface area contributed by atoms with Crippen LogP contribution in [0, 0.1) is 0 Å². The molecule has 1 aromatic rings. The molecular formula is C21H28NO6PS. The Bertz CT molecular complexity index is 902. The lowest BCUT2D eigenvalue weighted by molar-refractivity contribution is -0.132. The Morgan fingerprint density at radius 2 is 1.77 bits per heavy atom. The Morgan fingerprint density at radius 1 is 1.20 bits per heavy atom. The summed E-state index contributed by atoms with van der Waals surface area (Å²) in [6, 6.07) is 3.82. The van der Waals surface area contributed by atoms with E-state index in [0.29, 0.717) is 10.7 Å². The summed E-state index contributed by atoms with van der Waals surface area (Å²) in [6.07, 6.45) is 2.90. The fourth-order valence-electron chi connectivity index (χ4n) is 3.00. The van der Waals surface area contributed by atoms with Gasteiger partial charge in [0, 0.05) is 19.7 Å². The molecule has 30 heavy (non-hydrogen) atoms. The molecule has 1 aliphatic rings. The van der Waals surface area contributed by atoms with Crippen LogP contribution in [0.4, 0.5) is 0 Å². The lowest BCUT2D eigenvalue weighted by Gasteiger charge is -2.23. The van der Waals surface area contributed by atoms with Crippen molar-refractivity contribution in [3.8, 4) is 5.75 Å². The van der Waals surface area contributed by atoms with Crippen molar-refractivity contribution in [3.63, 3.8) is 0 Å². The van der Waals surface area contributed by atoms with Gasteiger partial charge in [-0.2, -0.15) is 0 Å². The maximum absolute atomic E-state index is 12.8. The van der Waals surface area contributed by atoms with Gasteiger partial charge in [-0.15, -0.1) is 0 Å². The van der Waals surface area contributed by atoms with Crippen molar-refractivity contribution in [1.82, 2.24) is 4.90 Å². The van der Waals surface area contributed by atoms with E-state index in [1.807, 2.05) is 39.8 Å². The number of rotatable bonds is 7. The zero-order chi connectivity index (χ0) is 22.6. The van der Waals surface area contributed by atoms with E-state index in [9.17, 15) is 14.2 Å².